The third-order valence-electron chi connectivity index (χ3n) is 4.69. The summed E-state index contributed by atoms with van der Waals surface area (Å²) in [5, 5.41) is 10.5. The molecular formula is C15H13BrClFN4O2. The molecule has 2 unspecified atom stereocenters. The molecule has 6 nitrogen and oxygen atoms in total. The van der Waals surface area contributed by atoms with E-state index in [1.165, 1.54) is 4.90 Å². The molecule has 0 aliphatic carbocycles. The number of carbonyl (C=O) groups is 1. The molecule has 1 aromatic carbocycles. The maximum atomic E-state index is 13.9. The number of rotatable bonds is 1. The number of hydrogen-bond acceptors (Lipinski definition) is 4. The highest BCUT2D eigenvalue weighted by Gasteiger charge is 2.43. The summed E-state index contributed by atoms with van der Waals surface area (Å²) in [6.45, 7) is 0.976. The summed E-state index contributed by atoms with van der Waals surface area (Å²) in [4.78, 5) is 22.7. The number of nitrogens with zero attached hydrogens (tertiary/aromatic N) is 4. The molecule has 2 aliphatic rings. The molecule has 2 saturated heterocycles. The lowest BCUT2D eigenvalue weighted by Gasteiger charge is -2.40. The fourth-order valence-electron chi connectivity index (χ4n) is 3.71. The van der Waals surface area contributed by atoms with Crippen LogP contribution in [0.4, 0.5) is 15.0 Å². The number of hydrogen-bond donors (Lipinski definition) is 1. The molecule has 2 bridgehead atoms. The topological polar surface area (TPSA) is 69.6 Å². The molecule has 0 saturated carbocycles. The van der Waals surface area contributed by atoms with Gasteiger partial charge in [0.05, 0.1) is 22.6 Å². The average molecular weight is 416 g/mol. The Labute approximate surface area is 150 Å². The standard InChI is InChI=1S/C15H13BrClFN4O2/c16-10-4-12-9(3-11(10)17)13(20-14(18)19-12)21-5-7-1-2-8(6-21)22(7)15(23)24/h3-4,7-8H,1-2,5-6H2,(H,23,24). The second kappa shape index (κ2) is 5.70. The quantitative estimate of drug-likeness (QED) is 0.722. The summed E-state index contributed by atoms with van der Waals surface area (Å²) >= 11 is 9.49. The third-order valence-corrected chi connectivity index (χ3v) is 5.89. The van der Waals surface area contributed by atoms with Crippen LogP contribution in [0.5, 0.6) is 0 Å². The Hall–Kier alpha value is -1.67. The molecule has 2 aromatic rings. The largest absolute Gasteiger partial charge is 0.465 e. The lowest BCUT2D eigenvalue weighted by Crippen LogP contribution is -2.55. The van der Waals surface area contributed by atoms with Crippen molar-refractivity contribution in [2.24, 2.45) is 0 Å². The van der Waals surface area contributed by atoms with Gasteiger partial charge >= 0.3 is 12.2 Å². The van der Waals surface area contributed by atoms with Gasteiger partial charge in [-0.2, -0.15) is 9.37 Å². The second-order valence-corrected chi connectivity index (χ2v) is 7.34. The Morgan fingerprint density at radius 2 is 1.96 bits per heavy atom. The van der Waals surface area contributed by atoms with Gasteiger partial charge in [-0.05, 0) is 40.9 Å². The molecule has 24 heavy (non-hydrogen) atoms. The number of anilines is 1. The summed E-state index contributed by atoms with van der Waals surface area (Å²) in [6.07, 6.45) is -0.0797. The van der Waals surface area contributed by atoms with Crippen molar-refractivity contribution in [1.82, 2.24) is 14.9 Å². The smallest absolute Gasteiger partial charge is 0.407 e. The van der Waals surface area contributed by atoms with Crippen LogP contribution >= 0.6 is 27.5 Å². The zero-order chi connectivity index (χ0) is 17.0. The molecule has 0 spiro atoms. The van der Waals surface area contributed by atoms with Crippen LogP contribution < -0.4 is 4.90 Å². The van der Waals surface area contributed by atoms with Crippen LogP contribution in [0.1, 0.15) is 12.8 Å². The molecule has 4 rings (SSSR count). The first kappa shape index (κ1) is 15.8. The van der Waals surface area contributed by atoms with Crippen LogP contribution in [-0.4, -0.2) is 51.2 Å². The van der Waals surface area contributed by atoms with Gasteiger partial charge in [-0.15, -0.1) is 0 Å². The van der Waals surface area contributed by atoms with E-state index in [4.69, 9.17) is 11.6 Å². The minimum Gasteiger partial charge on any atom is -0.465 e. The number of benzene rings is 1. The Kier molecular flexibility index (Phi) is 3.76. The van der Waals surface area contributed by atoms with Crippen LogP contribution in [0.3, 0.4) is 0 Å². The number of piperazine rings is 1. The lowest BCUT2D eigenvalue weighted by molar-refractivity contribution is 0.114. The summed E-state index contributed by atoms with van der Waals surface area (Å²) in [5.41, 5.74) is 0.460. The molecule has 1 N–H and O–H groups in total. The van der Waals surface area contributed by atoms with E-state index in [0.29, 0.717) is 39.3 Å². The monoisotopic (exact) mass is 414 g/mol. The first-order valence-electron chi connectivity index (χ1n) is 7.52. The van der Waals surface area contributed by atoms with Gasteiger partial charge in [0.1, 0.15) is 5.82 Å². The van der Waals surface area contributed by atoms with Crippen molar-refractivity contribution in [3.8, 4) is 0 Å². The maximum absolute atomic E-state index is 13.9. The normalized spacial score (nSPS) is 23.1. The van der Waals surface area contributed by atoms with Crippen molar-refractivity contribution in [2.45, 2.75) is 24.9 Å². The Bertz CT molecular complexity index is 838. The van der Waals surface area contributed by atoms with E-state index in [1.54, 1.807) is 12.1 Å². The van der Waals surface area contributed by atoms with Crippen LogP contribution in [0, 0.1) is 6.08 Å². The van der Waals surface area contributed by atoms with Crippen LogP contribution in [0.2, 0.25) is 5.02 Å². The zero-order valence-corrected chi connectivity index (χ0v) is 14.8. The molecule has 2 fully saturated rings. The molecule has 1 amide bonds. The number of carboxylic acid groups (broad SMARTS) is 1. The fourth-order valence-corrected chi connectivity index (χ4v) is 4.20. The van der Waals surface area contributed by atoms with Crippen LogP contribution in [0.15, 0.2) is 16.6 Å². The average Bonchev–Trinajstić information content (AvgIpc) is 2.79. The summed E-state index contributed by atoms with van der Waals surface area (Å²) < 4.78 is 14.5. The number of halogens is 3. The molecule has 126 valence electrons. The molecule has 0 radical (unpaired) electrons. The summed E-state index contributed by atoms with van der Waals surface area (Å²) in [6, 6.07) is 3.18. The zero-order valence-electron chi connectivity index (χ0n) is 12.4. The third kappa shape index (κ3) is 2.48. The summed E-state index contributed by atoms with van der Waals surface area (Å²) in [5.74, 6) is 0.467. The van der Waals surface area contributed by atoms with Gasteiger partial charge in [0, 0.05) is 22.9 Å². The Morgan fingerprint density at radius 3 is 2.58 bits per heavy atom. The SMILES string of the molecule is O=C(O)N1C2CCC1CN(c1nc(F)nc3cc(Br)c(Cl)cc13)C2. The predicted molar refractivity (Wildman–Crippen MR) is 91.1 cm³/mol. The molecule has 3 heterocycles. The van der Waals surface area contributed by atoms with Gasteiger partial charge in [-0.25, -0.2) is 9.78 Å². The Balaban J connectivity index is 1.78. The molecular weight excluding hydrogens is 403 g/mol. The number of fused-ring (bicyclic) bond motifs is 3. The van der Waals surface area contributed by atoms with Crippen molar-refractivity contribution in [1.29, 1.82) is 0 Å². The van der Waals surface area contributed by atoms with Gasteiger partial charge in [-0.3, -0.25) is 4.90 Å². The minimum atomic E-state index is -0.896. The molecule has 2 atom stereocenters. The first-order valence-corrected chi connectivity index (χ1v) is 8.69. The van der Waals surface area contributed by atoms with Gasteiger partial charge in [-0.1, -0.05) is 11.6 Å². The molecule has 1 aromatic heterocycles. The van der Waals surface area contributed by atoms with Gasteiger partial charge in [0.15, 0.2) is 0 Å². The number of amides is 1. The predicted octanol–water partition coefficient (Wildman–Crippen LogP) is 3.52. The maximum Gasteiger partial charge on any atom is 0.407 e. The van der Waals surface area contributed by atoms with Gasteiger partial charge in [0.2, 0.25) is 0 Å². The minimum absolute atomic E-state index is 0.0970. The van der Waals surface area contributed by atoms with E-state index >= 15 is 0 Å². The van der Waals surface area contributed by atoms with Crippen LogP contribution in [-0.2, 0) is 0 Å². The van der Waals surface area contributed by atoms with E-state index in [-0.39, 0.29) is 12.1 Å². The van der Waals surface area contributed by atoms with E-state index in [1.807, 2.05) is 4.90 Å². The number of aromatic nitrogens is 2. The van der Waals surface area contributed by atoms with E-state index in [0.717, 1.165) is 12.8 Å². The van der Waals surface area contributed by atoms with Gasteiger partial charge < -0.3 is 10.0 Å². The van der Waals surface area contributed by atoms with Gasteiger partial charge in [0.25, 0.3) is 0 Å². The van der Waals surface area contributed by atoms with Crippen molar-refractivity contribution in [3.63, 3.8) is 0 Å². The summed E-state index contributed by atoms with van der Waals surface area (Å²) in [7, 11) is 0. The van der Waals surface area contributed by atoms with E-state index in [9.17, 15) is 14.3 Å². The van der Waals surface area contributed by atoms with Crippen molar-refractivity contribution < 1.29 is 14.3 Å². The second-order valence-electron chi connectivity index (χ2n) is 6.08. The highest BCUT2D eigenvalue weighted by molar-refractivity contribution is 9.10. The highest BCUT2D eigenvalue weighted by atomic mass is 79.9. The molecule has 9 heteroatoms. The van der Waals surface area contributed by atoms with E-state index in [2.05, 4.69) is 25.9 Å². The highest BCUT2D eigenvalue weighted by Crippen LogP contribution is 2.36. The van der Waals surface area contributed by atoms with E-state index < -0.39 is 12.2 Å². The van der Waals surface area contributed by atoms with Crippen molar-refractivity contribution in [2.75, 3.05) is 18.0 Å². The fraction of sp³-hybridized carbons (Fsp3) is 0.400. The lowest BCUT2D eigenvalue weighted by atomic mass is 10.1. The van der Waals surface area contributed by atoms with Crippen molar-refractivity contribution >= 4 is 50.3 Å². The first-order chi connectivity index (χ1) is 11.4. The Morgan fingerprint density at radius 1 is 1.29 bits per heavy atom. The van der Waals surface area contributed by atoms with Crippen molar-refractivity contribution in [3.05, 3.63) is 27.7 Å². The molecule has 2 aliphatic heterocycles. The van der Waals surface area contributed by atoms with Crippen LogP contribution in [0.25, 0.3) is 10.9 Å².